The van der Waals surface area contributed by atoms with Gasteiger partial charge < -0.3 is 14.4 Å². The maximum Gasteiger partial charge on any atom is 0.437 e. The molecule has 31 heavy (non-hydrogen) atoms. The number of hydrogen-bond donors (Lipinski definition) is 1. The van der Waals surface area contributed by atoms with Crippen molar-refractivity contribution in [3.05, 3.63) is 35.9 Å². The minimum Gasteiger partial charge on any atom is -0.444 e. The molecule has 2 amide bonds. The van der Waals surface area contributed by atoms with Crippen LogP contribution in [0.2, 0.25) is 0 Å². The van der Waals surface area contributed by atoms with Crippen LogP contribution in [0.3, 0.4) is 0 Å². The van der Waals surface area contributed by atoms with E-state index in [2.05, 4.69) is 22.2 Å². The van der Waals surface area contributed by atoms with E-state index in [9.17, 15) is 9.59 Å². The molecule has 1 N–H and O–H groups in total. The first-order valence-electron chi connectivity index (χ1n) is 10.4. The third kappa shape index (κ3) is 11.1. The third-order valence-electron chi connectivity index (χ3n) is 3.72. The molecular formula is C24H35N3O4. The molecule has 0 aliphatic carbocycles. The van der Waals surface area contributed by atoms with Gasteiger partial charge >= 0.3 is 12.2 Å². The highest BCUT2D eigenvalue weighted by molar-refractivity contribution is 5.99. The van der Waals surface area contributed by atoms with Crippen molar-refractivity contribution in [2.45, 2.75) is 78.6 Å². The van der Waals surface area contributed by atoms with E-state index >= 15 is 0 Å². The van der Waals surface area contributed by atoms with Crippen molar-refractivity contribution in [3.63, 3.8) is 0 Å². The molecule has 0 aliphatic heterocycles. The van der Waals surface area contributed by atoms with Gasteiger partial charge in [0, 0.05) is 12.6 Å². The quantitative estimate of drug-likeness (QED) is 0.418. The Kier molecular flexibility index (Phi) is 9.57. The van der Waals surface area contributed by atoms with E-state index in [1.165, 1.54) is 0 Å². The highest BCUT2D eigenvalue weighted by Crippen LogP contribution is 2.11. The lowest BCUT2D eigenvalue weighted by Crippen LogP contribution is -2.48. The van der Waals surface area contributed by atoms with Crippen LogP contribution in [0.25, 0.3) is 0 Å². The van der Waals surface area contributed by atoms with E-state index in [-0.39, 0.29) is 12.0 Å². The Hall–Kier alpha value is -3.01. The number of rotatable bonds is 3. The highest BCUT2D eigenvalue weighted by atomic mass is 16.6. The highest BCUT2D eigenvalue weighted by Gasteiger charge is 2.24. The lowest BCUT2D eigenvalue weighted by Gasteiger charge is -2.28. The molecule has 0 heterocycles. The van der Waals surface area contributed by atoms with Crippen molar-refractivity contribution < 1.29 is 19.1 Å². The Bertz CT molecular complexity index is 824. The summed E-state index contributed by atoms with van der Waals surface area (Å²) in [7, 11) is 1.72. The number of nitrogens with one attached hydrogen (secondary N) is 1. The zero-order chi connectivity index (χ0) is 23.7. The van der Waals surface area contributed by atoms with E-state index in [4.69, 9.17) is 9.47 Å². The molecule has 0 aliphatic rings. The minimum absolute atomic E-state index is 0.0179. The predicted molar refractivity (Wildman–Crippen MR) is 123 cm³/mol. The van der Waals surface area contributed by atoms with Crippen LogP contribution in [-0.4, -0.2) is 47.3 Å². The Balaban J connectivity index is 3.20. The average molecular weight is 430 g/mol. The number of carbonyl (C=O) groups excluding carboxylic acids is 2. The van der Waals surface area contributed by atoms with Crippen LogP contribution < -0.4 is 5.32 Å². The Morgan fingerprint density at radius 1 is 1.06 bits per heavy atom. The van der Waals surface area contributed by atoms with Crippen LogP contribution in [0.1, 0.15) is 66.9 Å². The number of nitrogens with zero attached hydrogens (tertiary/aromatic N) is 2. The Labute approximate surface area is 186 Å². The maximum absolute atomic E-state index is 12.4. The van der Waals surface area contributed by atoms with E-state index in [0.29, 0.717) is 6.42 Å². The first-order valence-corrected chi connectivity index (χ1v) is 10.4. The molecule has 1 aromatic rings. The van der Waals surface area contributed by atoms with E-state index in [1.54, 1.807) is 53.5 Å². The summed E-state index contributed by atoms with van der Waals surface area (Å²) in [4.78, 5) is 30.4. The zero-order valence-electron chi connectivity index (χ0n) is 19.9. The third-order valence-corrected chi connectivity index (χ3v) is 3.72. The summed E-state index contributed by atoms with van der Waals surface area (Å²) in [5.74, 6) is 6.37. The molecule has 0 aromatic heterocycles. The second-order valence-corrected chi connectivity index (χ2v) is 9.09. The standard InChI is InChI=1S/C24H35N3O4/c1-9-13-19(17-16-18-14-11-10-12-15-18)27(8)20(25-21(28)30-23(2,3)4)26-22(29)31-24(5,6)7/h10-12,14-15,19H,9,13H2,1-8H3,(H,25,26,28,29). The van der Waals surface area contributed by atoms with Gasteiger partial charge in [-0.15, -0.1) is 4.99 Å². The van der Waals surface area contributed by atoms with Crippen molar-refractivity contribution in [1.29, 1.82) is 0 Å². The monoisotopic (exact) mass is 429 g/mol. The van der Waals surface area contributed by atoms with Crippen molar-refractivity contribution in [2.75, 3.05) is 7.05 Å². The fourth-order valence-corrected chi connectivity index (χ4v) is 2.43. The van der Waals surface area contributed by atoms with Gasteiger partial charge in [-0.2, -0.15) is 0 Å². The molecule has 0 spiro atoms. The Morgan fingerprint density at radius 2 is 1.65 bits per heavy atom. The number of alkyl carbamates (subject to hydrolysis) is 1. The first-order chi connectivity index (χ1) is 14.3. The van der Waals surface area contributed by atoms with Gasteiger partial charge in [0.15, 0.2) is 0 Å². The van der Waals surface area contributed by atoms with Gasteiger partial charge in [-0.1, -0.05) is 43.4 Å². The summed E-state index contributed by atoms with van der Waals surface area (Å²) >= 11 is 0. The normalized spacial score (nSPS) is 12.8. The van der Waals surface area contributed by atoms with Crippen molar-refractivity contribution in [2.24, 2.45) is 4.99 Å². The minimum atomic E-state index is -0.809. The predicted octanol–water partition coefficient (Wildman–Crippen LogP) is 4.95. The molecule has 1 unspecified atom stereocenters. The van der Waals surface area contributed by atoms with Gasteiger partial charge in [-0.05, 0) is 60.1 Å². The zero-order valence-corrected chi connectivity index (χ0v) is 19.9. The molecule has 1 aromatic carbocycles. The summed E-state index contributed by atoms with van der Waals surface area (Å²) in [5.41, 5.74) is -0.537. The van der Waals surface area contributed by atoms with Crippen LogP contribution in [0.15, 0.2) is 35.3 Å². The van der Waals surface area contributed by atoms with Crippen LogP contribution in [-0.2, 0) is 9.47 Å². The van der Waals surface area contributed by atoms with Crippen LogP contribution >= 0.6 is 0 Å². The lowest BCUT2D eigenvalue weighted by atomic mass is 10.1. The van der Waals surface area contributed by atoms with Gasteiger partial charge in [0.2, 0.25) is 5.96 Å². The van der Waals surface area contributed by atoms with E-state index in [0.717, 1.165) is 12.0 Å². The fraction of sp³-hybridized carbons (Fsp3) is 0.542. The molecule has 0 radical (unpaired) electrons. The van der Waals surface area contributed by atoms with Crippen molar-refractivity contribution in [3.8, 4) is 11.8 Å². The first kappa shape index (κ1) is 26.0. The van der Waals surface area contributed by atoms with Crippen LogP contribution in [0.4, 0.5) is 9.59 Å². The molecule has 0 bridgehead atoms. The lowest BCUT2D eigenvalue weighted by molar-refractivity contribution is 0.0554. The van der Waals surface area contributed by atoms with E-state index in [1.807, 2.05) is 37.3 Å². The molecule has 0 saturated heterocycles. The van der Waals surface area contributed by atoms with Gasteiger partial charge in [0.25, 0.3) is 0 Å². The summed E-state index contributed by atoms with van der Waals surface area (Å²) < 4.78 is 10.6. The van der Waals surface area contributed by atoms with Gasteiger partial charge in [0.1, 0.15) is 11.2 Å². The van der Waals surface area contributed by atoms with Gasteiger partial charge in [0.05, 0.1) is 6.04 Å². The van der Waals surface area contributed by atoms with Gasteiger partial charge in [-0.3, -0.25) is 5.32 Å². The second kappa shape index (κ2) is 11.4. The number of ether oxygens (including phenoxy) is 2. The average Bonchev–Trinajstić information content (AvgIpc) is 2.61. The summed E-state index contributed by atoms with van der Waals surface area (Å²) in [6.45, 7) is 12.5. The maximum atomic E-state index is 12.4. The van der Waals surface area contributed by atoms with Crippen LogP contribution in [0, 0.1) is 11.8 Å². The molecule has 7 nitrogen and oxygen atoms in total. The molecule has 1 atom stereocenters. The number of carbonyl (C=O) groups is 2. The summed E-state index contributed by atoms with van der Waals surface area (Å²) in [6, 6.07) is 9.32. The van der Waals surface area contributed by atoms with E-state index < -0.39 is 23.4 Å². The fourth-order valence-electron chi connectivity index (χ4n) is 2.43. The van der Waals surface area contributed by atoms with Gasteiger partial charge in [-0.25, -0.2) is 9.59 Å². The van der Waals surface area contributed by atoms with Crippen molar-refractivity contribution >= 4 is 18.1 Å². The molecule has 0 fully saturated rings. The Morgan fingerprint density at radius 3 is 2.16 bits per heavy atom. The number of benzene rings is 1. The molecular weight excluding hydrogens is 394 g/mol. The SMILES string of the molecule is CCCC(C#Cc1ccccc1)N(C)/C(=N\C(=O)OC(C)(C)C)NC(=O)OC(C)(C)C. The molecule has 0 saturated carbocycles. The molecule has 170 valence electrons. The number of amides is 2. The number of hydrogen-bond acceptors (Lipinski definition) is 4. The number of aliphatic imine (C=N–C) groups is 1. The van der Waals surface area contributed by atoms with Crippen molar-refractivity contribution in [1.82, 2.24) is 10.2 Å². The van der Waals surface area contributed by atoms with Crippen LogP contribution in [0.5, 0.6) is 0 Å². The number of guanidine groups is 1. The molecule has 7 heteroatoms. The summed E-state index contributed by atoms with van der Waals surface area (Å²) in [5, 5.41) is 2.57. The smallest absolute Gasteiger partial charge is 0.437 e. The second-order valence-electron chi connectivity index (χ2n) is 9.09. The molecule has 1 rings (SSSR count). The summed E-state index contributed by atoms with van der Waals surface area (Å²) in [6.07, 6.45) is 0.0363. The largest absolute Gasteiger partial charge is 0.444 e. The topological polar surface area (TPSA) is 80.2 Å².